The molecule has 2 rings (SSSR count). The van der Waals surface area contributed by atoms with Crippen LogP contribution in [-0.2, 0) is 17.3 Å². The van der Waals surface area contributed by atoms with Crippen molar-refractivity contribution in [1.29, 1.82) is 0 Å². The van der Waals surface area contributed by atoms with Crippen LogP contribution in [0, 0.1) is 0 Å². The van der Waals surface area contributed by atoms with E-state index in [9.17, 15) is 4.21 Å². The van der Waals surface area contributed by atoms with Gasteiger partial charge in [0.2, 0.25) is 5.95 Å². The second kappa shape index (κ2) is 6.36. The summed E-state index contributed by atoms with van der Waals surface area (Å²) >= 11 is 0. The van der Waals surface area contributed by atoms with Gasteiger partial charge in [-0.05, 0) is 19.8 Å². The Balaban J connectivity index is 1.96. The van der Waals surface area contributed by atoms with Crippen LogP contribution in [0.15, 0.2) is 12.4 Å². The largest absolute Gasteiger partial charge is 0.353 e. The monoisotopic (exact) mass is 269 g/mol. The lowest BCUT2D eigenvalue weighted by atomic mass is 9.96. The molecular weight excluding hydrogens is 246 g/mol. The van der Waals surface area contributed by atoms with Crippen molar-refractivity contribution in [1.82, 2.24) is 9.55 Å². The highest BCUT2D eigenvalue weighted by Gasteiger charge is 2.16. The lowest BCUT2D eigenvalue weighted by Crippen LogP contribution is -2.26. The summed E-state index contributed by atoms with van der Waals surface area (Å²) in [6, 6.07) is 0.558. The van der Waals surface area contributed by atoms with Gasteiger partial charge in [0, 0.05) is 47.3 Å². The molecule has 1 fully saturated rings. The van der Waals surface area contributed by atoms with Crippen LogP contribution in [0.5, 0.6) is 0 Å². The van der Waals surface area contributed by atoms with E-state index < -0.39 is 10.8 Å². The van der Waals surface area contributed by atoms with E-state index in [1.54, 1.807) is 6.26 Å². The summed E-state index contributed by atoms with van der Waals surface area (Å²) < 4.78 is 13.5. The Morgan fingerprint density at radius 1 is 1.50 bits per heavy atom. The third-order valence-electron chi connectivity index (χ3n) is 3.67. The zero-order valence-electron chi connectivity index (χ0n) is 11.3. The molecule has 1 saturated carbocycles. The summed E-state index contributed by atoms with van der Waals surface area (Å²) in [7, 11) is -0.786. The second-order valence-electron chi connectivity index (χ2n) is 5.19. The zero-order chi connectivity index (χ0) is 13.0. The smallest absolute Gasteiger partial charge is 0.203 e. The van der Waals surface area contributed by atoms with Crippen molar-refractivity contribution in [3.8, 4) is 0 Å². The number of hydrogen-bond acceptors (Lipinski definition) is 3. The van der Waals surface area contributed by atoms with Crippen LogP contribution in [0.3, 0.4) is 0 Å². The second-order valence-corrected chi connectivity index (χ2v) is 6.99. The van der Waals surface area contributed by atoms with Crippen LogP contribution in [-0.4, -0.2) is 31.3 Å². The van der Waals surface area contributed by atoms with Crippen molar-refractivity contribution < 1.29 is 4.21 Å². The van der Waals surface area contributed by atoms with Gasteiger partial charge < -0.3 is 9.88 Å². The summed E-state index contributed by atoms with van der Waals surface area (Å²) in [5.41, 5.74) is 0. The number of nitrogens with one attached hydrogen (secondary N) is 1. The van der Waals surface area contributed by atoms with Crippen molar-refractivity contribution in [2.75, 3.05) is 11.6 Å². The molecule has 0 aromatic carbocycles. The first-order valence-corrected chi connectivity index (χ1v) is 8.39. The number of aromatic nitrogens is 2. The lowest BCUT2D eigenvalue weighted by molar-refractivity contribution is 0.458. The molecular formula is C13H23N3OS. The Kier molecular flexibility index (Phi) is 4.80. The molecule has 1 aliphatic carbocycles. The molecule has 18 heavy (non-hydrogen) atoms. The summed E-state index contributed by atoms with van der Waals surface area (Å²) in [6.45, 7) is 2.78. The highest BCUT2D eigenvalue weighted by atomic mass is 32.2. The SMILES string of the molecule is CC(Cn1ccnc1NC1CCCCC1)S(C)=O. The van der Waals surface area contributed by atoms with E-state index in [1.165, 1.54) is 32.1 Å². The van der Waals surface area contributed by atoms with Gasteiger partial charge in [0.05, 0.1) is 0 Å². The Morgan fingerprint density at radius 2 is 2.22 bits per heavy atom. The normalized spacial score (nSPS) is 20.6. The summed E-state index contributed by atoms with van der Waals surface area (Å²) in [6.07, 6.45) is 12.0. The quantitative estimate of drug-likeness (QED) is 0.893. The predicted molar refractivity (Wildman–Crippen MR) is 76.3 cm³/mol. The van der Waals surface area contributed by atoms with Crippen molar-refractivity contribution >= 4 is 16.7 Å². The van der Waals surface area contributed by atoms with Gasteiger partial charge in [-0.3, -0.25) is 4.21 Å². The third kappa shape index (κ3) is 3.57. The molecule has 0 aliphatic heterocycles. The van der Waals surface area contributed by atoms with Crippen molar-refractivity contribution in [2.45, 2.75) is 56.9 Å². The fraction of sp³-hybridized carbons (Fsp3) is 0.769. The van der Waals surface area contributed by atoms with E-state index in [4.69, 9.17) is 0 Å². The Morgan fingerprint density at radius 3 is 2.89 bits per heavy atom. The Labute approximate surface area is 112 Å². The van der Waals surface area contributed by atoms with Crippen molar-refractivity contribution in [3.63, 3.8) is 0 Å². The van der Waals surface area contributed by atoms with Crippen LogP contribution < -0.4 is 5.32 Å². The molecule has 0 spiro atoms. The average molecular weight is 269 g/mol. The van der Waals surface area contributed by atoms with Gasteiger partial charge in [-0.25, -0.2) is 4.98 Å². The fourth-order valence-corrected chi connectivity index (χ4v) is 2.78. The molecule has 4 nitrogen and oxygen atoms in total. The number of nitrogens with zero attached hydrogens (tertiary/aromatic N) is 2. The van der Waals surface area contributed by atoms with Crippen LogP contribution >= 0.6 is 0 Å². The minimum Gasteiger partial charge on any atom is -0.353 e. The third-order valence-corrected chi connectivity index (χ3v) is 4.96. The standard InChI is InChI=1S/C13H23N3OS/c1-11(18(2)17)10-16-9-8-14-13(16)15-12-6-4-3-5-7-12/h8-9,11-12H,3-7,10H2,1-2H3,(H,14,15). The summed E-state index contributed by atoms with van der Waals surface area (Å²) in [4.78, 5) is 4.38. The molecule has 1 N–H and O–H groups in total. The molecule has 102 valence electrons. The molecule has 0 radical (unpaired) electrons. The van der Waals surface area contributed by atoms with Crippen molar-refractivity contribution in [3.05, 3.63) is 12.4 Å². The predicted octanol–water partition coefficient (Wildman–Crippen LogP) is 2.39. The molecule has 2 atom stereocenters. The van der Waals surface area contributed by atoms with E-state index in [-0.39, 0.29) is 5.25 Å². The number of anilines is 1. The Hall–Kier alpha value is -0.840. The van der Waals surface area contributed by atoms with Crippen molar-refractivity contribution in [2.24, 2.45) is 0 Å². The van der Waals surface area contributed by atoms with Gasteiger partial charge in [-0.1, -0.05) is 19.3 Å². The van der Waals surface area contributed by atoms with Gasteiger partial charge in [0.15, 0.2) is 0 Å². The molecule has 2 unspecified atom stereocenters. The molecule has 1 aromatic rings. The molecule has 0 bridgehead atoms. The zero-order valence-corrected chi connectivity index (χ0v) is 12.1. The first kappa shape index (κ1) is 13.6. The topological polar surface area (TPSA) is 46.9 Å². The lowest BCUT2D eigenvalue weighted by Gasteiger charge is -2.24. The first-order chi connectivity index (χ1) is 8.66. The van der Waals surface area contributed by atoms with Gasteiger partial charge in [-0.2, -0.15) is 0 Å². The number of hydrogen-bond donors (Lipinski definition) is 1. The molecule has 1 aromatic heterocycles. The molecule has 1 aliphatic rings. The van der Waals surface area contributed by atoms with E-state index >= 15 is 0 Å². The van der Waals surface area contributed by atoms with Crippen LogP contribution in [0.2, 0.25) is 0 Å². The summed E-state index contributed by atoms with van der Waals surface area (Å²) in [5, 5.41) is 3.69. The van der Waals surface area contributed by atoms with E-state index in [1.807, 2.05) is 19.3 Å². The average Bonchev–Trinajstić information content (AvgIpc) is 2.78. The number of imidazole rings is 1. The van der Waals surface area contributed by atoms with Crippen LogP contribution in [0.4, 0.5) is 5.95 Å². The fourth-order valence-electron chi connectivity index (χ4n) is 2.41. The maximum atomic E-state index is 11.4. The first-order valence-electron chi connectivity index (χ1n) is 6.76. The van der Waals surface area contributed by atoms with Crippen LogP contribution in [0.1, 0.15) is 39.0 Å². The Bertz CT molecular complexity index is 399. The van der Waals surface area contributed by atoms with Gasteiger partial charge in [0.1, 0.15) is 0 Å². The van der Waals surface area contributed by atoms with E-state index in [2.05, 4.69) is 14.9 Å². The molecule has 1 heterocycles. The number of rotatable bonds is 5. The molecule has 0 amide bonds. The maximum absolute atomic E-state index is 11.4. The molecule has 5 heteroatoms. The highest BCUT2D eigenvalue weighted by molar-refractivity contribution is 7.84. The van der Waals surface area contributed by atoms with E-state index in [0.717, 1.165) is 12.5 Å². The molecule has 0 saturated heterocycles. The minimum absolute atomic E-state index is 0.158. The maximum Gasteiger partial charge on any atom is 0.203 e. The van der Waals surface area contributed by atoms with Gasteiger partial charge in [0.25, 0.3) is 0 Å². The summed E-state index contributed by atoms with van der Waals surface area (Å²) in [5.74, 6) is 0.930. The highest BCUT2D eigenvalue weighted by Crippen LogP contribution is 2.21. The van der Waals surface area contributed by atoms with Gasteiger partial charge >= 0.3 is 0 Å². The van der Waals surface area contributed by atoms with E-state index in [0.29, 0.717) is 6.04 Å². The minimum atomic E-state index is -0.786. The van der Waals surface area contributed by atoms with Crippen LogP contribution in [0.25, 0.3) is 0 Å². The van der Waals surface area contributed by atoms with Gasteiger partial charge in [-0.15, -0.1) is 0 Å².